The highest BCUT2D eigenvalue weighted by molar-refractivity contribution is 7.84. The van der Waals surface area contributed by atoms with Crippen molar-refractivity contribution in [2.75, 3.05) is 18.6 Å². The Kier molecular flexibility index (Phi) is 5.98. The van der Waals surface area contributed by atoms with E-state index in [-0.39, 0.29) is 17.9 Å². The normalized spacial score (nSPS) is 27.4. The second-order valence-corrected chi connectivity index (χ2v) is 6.09. The molecular weight excluding hydrogens is 224 g/mol. The van der Waals surface area contributed by atoms with E-state index in [1.54, 1.807) is 6.26 Å². The Bertz CT molecular complexity index is 250. The van der Waals surface area contributed by atoms with Gasteiger partial charge in [-0.05, 0) is 32.1 Å². The predicted molar refractivity (Wildman–Crippen MR) is 66.5 cm³/mol. The van der Waals surface area contributed by atoms with Crippen LogP contribution in [0, 0.1) is 5.92 Å². The lowest BCUT2D eigenvalue weighted by Gasteiger charge is -2.25. The van der Waals surface area contributed by atoms with Gasteiger partial charge in [0.25, 0.3) is 0 Å². The molecule has 4 nitrogen and oxygen atoms in total. The molecule has 3 N–H and O–H groups in total. The minimum absolute atomic E-state index is 0.145. The Morgan fingerprint density at radius 1 is 1.38 bits per heavy atom. The summed E-state index contributed by atoms with van der Waals surface area (Å²) in [5.74, 6) is 0.955. The molecule has 1 amide bonds. The van der Waals surface area contributed by atoms with Crippen LogP contribution in [0.3, 0.4) is 0 Å². The molecule has 0 bridgehead atoms. The molecule has 1 rings (SSSR count). The van der Waals surface area contributed by atoms with Crippen molar-refractivity contribution in [3.63, 3.8) is 0 Å². The lowest BCUT2D eigenvalue weighted by atomic mass is 9.86. The number of hydrogen-bond donors (Lipinski definition) is 2. The van der Waals surface area contributed by atoms with Crippen LogP contribution in [-0.2, 0) is 15.6 Å². The Labute approximate surface area is 99.8 Å². The molecule has 0 aromatic heterocycles. The Balaban J connectivity index is 2.12. The lowest BCUT2D eigenvalue weighted by Crippen LogP contribution is -2.36. The van der Waals surface area contributed by atoms with Crippen LogP contribution < -0.4 is 11.1 Å². The van der Waals surface area contributed by atoms with Gasteiger partial charge in [-0.1, -0.05) is 0 Å². The third-order valence-electron chi connectivity index (χ3n) is 3.05. The van der Waals surface area contributed by atoms with E-state index < -0.39 is 10.8 Å². The summed E-state index contributed by atoms with van der Waals surface area (Å²) < 4.78 is 10.8. The third-order valence-corrected chi connectivity index (χ3v) is 3.91. The fourth-order valence-corrected chi connectivity index (χ4v) is 2.56. The first-order valence-corrected chi connectivity index (χ1v) is 7.65. The summed E-state index contributed by atoms with van der Waals surface area (Å²) in [5.41, 5.74) is 5.79. The maximum atomic E-state index is 11.7. The van der Waals surface area contributed by atoms with Crippen molar-refractivity contribution in [3.05, 3.63) is 0 Å². The van der Waals surface area contributed by atoms with Crippen molar-refractivity contribution in [1.29, 1.82) is 0 Å². The van der Waals surface area contributed by atoms with E-state index in [2.05, 4.69) is 5.32 Å². The van der Waals surface area contributed by atoms with E-state index in [0.717, 1.165) is 32.1 Å². The lowest BCUT2D eigenvalue weighted by molar-refractivity contribution is -0.125. The second-order valence-electron chi connectivity index (χ2n) is 4.53. The van der Waals surface area contributed by atoms with Crippen LogP contribution in [0.2, 0.25) is 0 Å². The van der Waals surface area contributed by atoms with Crippen molar-refractivity contribution in [1.82, 2.24) is 5.32 Å². The van der Waals surface area contributed by atoms with Crippen molar-refractivity contribution < 1.29 is 9.00 Å². The van der Waals surface area contributed by atoms with Crippen molar-refractivity contribution in [2.24, 2.45) is 11.7 Å². The summed E-state index contributed by atoms with van der Waals surface area (Å²) >= 11 is 0. The van der Waals surface area contributed by atoms with Gasteiger partial charge in [0.15, 0.2) is 0 Å². The topological polar surface area (TPSA) is 72.2 Å². The molecule has 1 atom stereocenters. The summed E-state index contributed by atoms with van der Waals surface area (Å²) in [7, 11) is -0.758. The van der Waals surface area contributed by atoms with Crippen LogP contribution in [0.4, 0.5) is 0 Å². The van der Waals surface area contributed by atoms with Gasteiger partial charge in [-0.25, -0.2) is 0 Å². The monoisotopic (exact) mass is 246 g/mol. The minimum atomic E-state index is -0.758. The average Bonchev–Trinajstić information content (AvgIpc) is 2.25. The summed E-state index contributed by atoms with van der Waals surface area (Å²) in [6.45, 7) is 0.640. The standard InChI is InChI=1S/C11H22N2O2S/c1-16(15)8-2-7-13-11(14)9-3-5-10(12)6-4-9/h9-10H,2-8,12H2,1H3,(H,13,14). The van der Waals surface area contributed by atoms with E-state index in [1.165, 1.54) is 0 Å². The molecule has 1 unspecified atom stereocenters. The smallest absolute Gasteiger partial charge is 0.223 e. The summed E-state index contributed by atoms with van der Waals surface area (Å²) in [6.07, 6.45) is 6.21. The molecule has 16 heavy (non-hydrogen) atoms. The van der Waals surface area contributed by atoms with Crippen molar-refractivity contribution >= 4 is 16.7 Å². The number of rotatable bonds is 5. The predicted octanol–water partition coefficient (Wildman–Crippen LogP) is 0.389. The van der Waals surface area contributed by atoms with Crippen LogP contribution in [0.25, 0.3) is 0 Å². The first-order valence-electron chi connectivity index (χ1n) is 5.93. The fraction of sp³-hybridized carbons (Fsp3) is 0.909. The van der Waals surface area contributed by atoms with E-state index in [4.69, 9.17) is 5.73 Å². The molecule has 1 aliphatic carbocycles. The molecular formula is C11H22N2O2S. The molecule has 0 spiro atoms. The van der Waals surface area contributed by atoms with Gasteiger partial charge in [0.05, 0.1) is 0 Å². The van der Waals surface area contributed by atoms with Crippen LogP contribution in [0.5, 0.6) is 0 Å². The van der Waals surface area contributed by atoms with Crippen LogP contribution >= 0.6 is 0 Å². The Morgan fingerprint density at radius 3 is 2.56 bits per heavy atom. The van der Waals surface area contributed by atoms with Gasteiger partial charge in [0, 0.05) is 41.3 Å². The molecule has 5 heteroatoms. The number of carbonyl (C=O) groups is 1. The molecule has 0 aromatic carbocycles. The fourth-order valence-electron chi connectivity index (χ4n) is 2.01. The van der Waals surface area contributed by atoms with E-state index in [9.17, 15) is 9.00 Å². The van der Waals surface area contributed by atoms with E-state index in [0.29, 0.717) is 12.3 Å². The average molecular weight is 246 g/mol. The SMILES string of the molecule is CS(=O)CCCNC(=O)C1CCC(N)CC1. The Morgan fingerprint density at radius 2 is 2.00 bits per heavy atom. The van der Waals surface area contributed by atoms with Crippen LogP contribution in [0.15, 0.2) is 0 Å². The number of carbonyl (C=O) groups excluding carboxylic acids is 1. The molecule has 0 heterocycles. The van der Waals surface area contributed by atoms with Gasteiger partial charge in [0.1, 0.15) is 0 Å². The summed E-state index contributed by atoms with van der Waals surface area (Å²) in [5, 5.41) is 2.91. The second kappa shape index (κ2) is 7.01. The van der Waals surface area contributed by atoms with Gasteiger partial charge in [-0.15, -0.1) is 0 Å². The molecule has 0 saturated heterocycles. The van der Waals surface area contributed by atoms with Gasteiger partial charge in [-0.2, -0.15) is 0 Å². The van der Waals surface area contributed by atoms with Crippen molar-refractivity contribution in [2.45, 2.75) is 38.1 Å². The highest BCUT2D eigenvalue weighted by Gasteiger charge is 2.23. The van der Waals surface area contributed by atoms with Gasteiger partial charge >= 0.3 is 0 Å². The number of nitrogens with two attached hydrogens (primary N) is 1. The van der Waals surface area contributed by atoms with Crippen LogP contribution in [-0.4, -0.2) is 34.7 Å². The largest absolute Gasteiger partial charge is 0.356 e. The van der Waals surface area contributed by atoms with Gasteiger partial charge in [-0.3, -0.25) is 9.00 Å². The zero-order chi connectivity index (χ0) is 12.0. The molecule has 0 aliphatic heterocycles. The molecule has 1 saturated carbocycles. The first kappa shape index (κ1) is 13.6. The maximum absolute atomic E-state index is 11.7. The number of amides is 1. The molecule has 0 aromatic rings. The number of nitrogens with one attached hydrogen (secondary N) is 1. The molecule has 1 fully saturated rings. The van der Waals surface area contributed by atoms with Gasteiger partial charge in [0.2, 0.25) is 5.91 Å². The Hall–Kier alpha value is -0.420. The quantitative estimate of drug-likeness (QED) is 0.689. The summed E-state index contributed by atoms with van der Waals surface area (Å²) in [6, 6.07) is 0.284. The van der Waals surface area contributed by atoms with Crippen LogP contribution in [0.1, 0.15) is 32.1 Å². The number of hydrogen-bond acceptors (Lipinski definition) is 3. The van der Waals surface area contributed by atoms with E-state index >= 15 is 0 Å². The van der Waals surface area contributed by atoms with Crippen molar-refractivity contribution in [3.8, 4) is 0 Å². The zero-order valence-corrected chi connectivity index (χ0v) is 10.7. The van der Waals surface area contributed by atoms with Gasteiger partial charge < -0.3 is 11.1 Å². The molecule has 94 valence electrons. The first-order chi connectivity index (χ1) is 7.59. The maximum Gasteiger partial charge on any atom is 0.223 e. The zero-order valence-electron chi connectivity index (χ0n) is 9.91. The molecule has 1 aliphatic rings. The third kappa shape index (κ3) is 5.07. The highest BCUT2D eigenvalue weighted by atomic mass is 32.2. The summed E-state index contributed by atoms with van der Waals surface area (Å²) in [4.78, 5) is 11.7. The minimum Gasteiger partial charge on any atom is -0.356 e. The molecule has 0 radical (unpaired) electrons. The highest BCUT2D eigenvalue weighted by Crippen LogP contribution is 2.22. The van der Waals surface area contributed by atoms with E-state index in [1.807, 2.05) is 0 Å².